The Morgan fingerprint density at radius 3 is 2.38 bits per heavy atom. The van der Waals surface area contributed by atoms with Crippen molar-refractivity contribution >= 4 is 0 Å². The number of hydrogen-bond acceptors (Lipinski definition) is 2. The highest BCUT2D eigenvalue weighted by Gasteiger charge is 2.35. The monoisotopic (exact) mass is 290 g/mol. The van der Waals surface area contributed by atoms with Gasteiger partial charge in [0.05, 0.1) is 0 Å². The third kappa shape index (κ3) is 3.32. The Morgan fingerprint density at radius 1 is 0.714 bits per heavy atom. The lowest BCUT2D eigenvalue weighted by Crippen LogP contribution is -2.54. The minimum Gasteiger partial charge on any atom is -0.310 e. The Labute approximate surface area is 131 Å². The number of nitrogens with one attached hydrogen (secondary N) is 1. The standard InChI is InChI=1S/C19H34N2/c1-2-7-17-13-21(12-11-15(17)5-1)14-18-10-9-16-6-3-4-8-19(16)20-18/h15-20H,1-14H2. The Morgan fingerprint density at radius 2 is 1.48 bits per heavy atom. The molecular weight excluding hydrogens is 256 g/mol. The molecule has 5 unspecified atom stereocenters. The van der Waals surface area contributed by atoms with Crippen molar-refractivity contribution in [1.29, 1.82) is 0 Å². The van der Waals surface area contributed by atoms with Crippen molar-refractivity contribution < 1.29 is 0 Å². The van der Waals surface area contributed by atoms with Crippen LogP contribution in [0.1, 0.15) is 70.6 Å². The maximum Gasteiger partial charge on any atom is 0.0197 e. The second-order valence-corrected chi connectivity index (χ2v) is 8.44. The fourth-order valence-corrected chi connectivity index (χ4v) is 5.87. The molecule has 0 radical (unpaired) electrons. The molecule has 2 saturated carbocycles. The Bertz CT molecular complexity index is 310. The first-order chi connectivity index (χ1) is 10.4. The molecule has 2 saturated heterocycles. The first-order valence-corrected chi connectivity index (χ1v) is 9.87. The maximum atomic E-state index is 4.03. The average Bonchev–Trinajstić information content (AvgIpc) is 2.55. The lowest BCUT2D eigenvalue weighted by Gasteiger charge is -2.45. The third-order valence-corrected chi connectivity index (χ3v) is 7.10. The Balaban J connectivity index is 1.28. The molecule has 2 aliphatic heterocycles. The topological polar surface area (TPSA) is 15.3 Å². The molecule has 2 heteroatoms. The molecule has 2 aliphatic carbocycles. The van der Waals surface area contributed by atoms with E-state index in [4.69, 9.17) is 0 Å². The van der Waals surface area contributed by atoms with Gasteiger partial charge in [0, 0.05) is 25.2 Å². The van der Waals surface area contributed by atoms with Crippen LogP contribution < -0.4 is 5.32 Å². The highest BCUT2D eigenvalue weighted by atomic mass is 15.2. The number of piperidine rings is 2. The molecule has 0 amide bonds. The average molecular weight is 290 g/mol. The van der Waals surface area contributed by atoms with Gasteiger partial charge in [-0.15, -0.1) is 0 Å². The van der Waals surface area contributed by atoms with Crippen LogP contribution in [-0.4, -0.2) is 36.6 Å². The van der Waals surface area contributed by atoms with Gasteiger partial charge in [-0.3, -0.25) is 0 Å². The lowest BCUT2D eigenvalue weighted by atomic mass is 9.74. The van der Waals surface area contributed by atoms with E-state index in [1.165, 1.54) is 90.3 Å². The normalized spacial score (nSPS) is 44.9. The fraction of sp³-hybridized carbons (Fsp3) is 1.00. The highest BCUT2D eigenvalue weighted by molar-refractivity contribution is 4.92. The van der Waals surface area contributed by atoms with Crippen molar-refractivity contribution in [2.24, 2.45) is 17.8 Å². The van der Waals surface area contributed by atoms with Crippen LogP contribution in [0.3, 0.4) is 0 Å². The van der Waals surface area contributed by atoms with Gasteiger partial charge in [-0.05, 0) is 62.8 Å². The molecule has 2 nitrogen and oxygen atoms in total. The first kappa shape index (κ1) is 14.5. The summed E-state index contributed by atoms with van der Waals surface area (Å²) in [7, 11) is 0. The molecular formula is C19H34N2. The van der Waals surface area contributed by atoms with Crippen molar-refractivity contribution in [2.45, 2.75) is 82.7 Å². The minimum absolute atomic E-state index is 0.796. The van der Waals surface area contributed by atoms with Crippen LogP contribution in [0.2, 0.25) is 0 Å². The summed E-state index contributed by atoms with van der Waals surface area (Å²) >= 11 is 0. The van der Waals surface area contributed by atoms with E-state index < -0.39 is 0 Å². The number of rotatable bonds is 2. The van der Waals surface area contributed by atoms with Crippen molar-refractivity contribution in [3.05, 3.63) is 0 Å². The Kier molecular flexibility index (Phi) is 4.55. The molecule has 5 atom stereocenters. The second kappa shape index (κ2) is 6.58. The summed E-state index contributed by atoms with van der Waals surface area (Å²) in [6.07, 6.45) is 16.4. The van der Waals surface area contributed by atoms with Gasteiger partial charge in [0.1, 0.15) is 0 Å². The van der Waals surface area contributed by atoms with Gasteiger partial charge in [-0.2, -0.15) is 0 Å². The van der Waals surface area contributed by atoms with Crippen molar-refractivity contribution in [3.8, 4) is 0 Å². The first-order valence-electron chi connectivity index (χ1n) is 9.87. The van der Waals surface area contributed by atoms with Crippen LogP contribution in [0, 0.1) is 17.8 Å². The molecule has 2 heterocycles. The van der Waals surface area contributed by atoms with Crippen molar-refractivity contribution in [1.82, 2.24) is 10.2 Å². The molecule has 0 bridgehead atoms. The zero-order valence-electron chi connectivity index (χ0n) is 13.7. The van der Waals surface area contributed by atoms with E-state index in [9.17, 15) is 0 Å². The minimum atomic E-state index is 0.796. The Hall–Kier alpha value is -0.0800. The van der Waals surface area contributed by atoms with Crippen molar-refractivity contribution in [3.63, 3.8) is 0 Å². The van der Waals surface area contributed by atoms with E-state index in [0.29, 0.717) is 0 Å². The van der Waals surface area contributed by atoms with E-state index in [1.54, 1.807) is 0 Å². The van der Waals surface area contributed by atoms with Gasteiger partial charge in [0.15, 0.2) is 0 Å². The third-order valence-electron chi connectivity index (χ3n) is 7.10. The van der Waals surface area contributed by atoms with Gasteiger partial charge >= 0.3 is 0 Å². The molecule has 120 valence electrons. The second-order valence-electron chi connectivity index (χ2n) is 8.44. The zero-order chi connectivity index (χ0) is 14.1. The molecule has 0 spiro atoms. The summed E-state index contributed by atoms with van der Waals surface area (Å²) in [5, 5.41) is 4.03. The van der Waals surface area contributed by atoms with E-state index >= 15 is 0 Å². The van der Waals surface area contributed by atoms with Gasteiger partial charge in [-0.25, -0.2) is 0 Å². The molecule has 21 heavy (non-hydrogen) atoms. The van der Waals surface area contributed by atoms with Crippen LogP contribution in [0.15, 0.2) is 0 Å². The van der Waals surface area contributed by atoms with Gasteiger partial charge < -0.3 is 10.2 Å². The zero-order valence-corrected chi connectivity index (χ0v) is 13.7. The van der Waals surface area contributed by atoms with Gasteiger partial charge in [-0.1, -0.05) is 32.1 Å². The molecule has 4 aliphatic rings. The number of likely N-dealkylation sites (tertiary alicyclic amines) is 1. The lowest BCUT2D eigenvalue weighted by molar-refractivity contribution is 0.0674. The predicted octanol–water partition coefficient (Wildman–Crippen LogP) is 3.81. The number of hydrogen-bond donors (Lipinski definition) is 1. The molecule has 0 aromatic rings. The summed E-state index contributed by atoms with van der Waals surface area (Å²) in [5.74, 6) is 3.13. The number of nitrogens with zero attached hydrogens (tertiary/aromatic N) is 1. The molecule has 0 aromatic carbocycles. The van der Waals surface area contributed by atoms with E-state index in [-0.39, 0.29) is 0 Å². The quantitative estimate of drug-likeness (QED) is 0.832. The maximum absolute atomic E-state index is 4.03. The fourth-order valence-electron chi connectivity index (χ4n) is 5.87. The van der Waals surface area contributed by atoms with Crippen molar-refractivity contribution in [2.75, 3.05) is 19.6 Å². The van der Waals surface area contributed by atoms with Gasteiger partial charge in [0.25, 0.3) is 0 Å². The molecule has 4 rings (SSSR count). The van der Waals surface area contributed by atoms with E-state index in [1.807, 2.05) is 0 Å². The molecule has 1 N–H and O–H groups in total. The summed E-state index contributed by atoms with van der Waals surface area (Å²) in [4.78, 5) is 2.81. The van der Waals surface area contributed by atoms with Crippen LogP contribution in [0.4, 0.5) is 0 Å². The highest BCUT2D eigenvalue weighted by Crippen LogP contribution is 2.37. The van der Waals surface area contributed by atoms with Gasteiger partial charge in [0.2, 0.25) is 0 Å². The molecule has 0 aromatic heterocycles. The summed E-state index contributed by atoms with van der Waals surface area (Å²) in [6.45, 7) is 4.14. The summed E-state index contributed by atoms with van der Waals surface area (Å²) in [5.41, 5.74) is 0. The largest absolute Gasteiger partial charge is 0.310 e. The van der Waals surface area contributed by atoms with E-state index in [0.717, 1.165) is 29.8 Å². The van der Waals surface area contributed by atoms with Crippen LogP contribution >= 0.6 is 0 Å². The van der Waals surface area contributed by atoms with Crippen LogP contribution in [0.5, 0.6) is 0 Å². The van der Waals surface area contributed by atoms with Crippen LogP contribution in [0.25, 0.3) is 0 Å². The summed E-state index contributed by atoms with van der Waals surface area (Å²) in [6, 6.07) is 1.66. The van der Waals surface area contributed by atoms with Crippen LogP contribution in [-0.2, 0) is 0 Å². The predicted molar refractivity (Wildman–Crippen MR) is 88.4 cm³/mol. The SMILES string of the molecule is C1CCC2CN(CC3CCC4CCCCC4N3)CCC2C1. The molecule has 4 fully saturated rings. The van der Waals surface area contributed by atoms with E-state index in [2.05, 4.69) is 10.2 Å². The summed E-state index contributed by atoms with van der Waals surface area (Å²) < 4.78 is 0. The smallest absolute Gasteiger partial charge is 0.0197 e. The number of fused-ring (bicyclic) bond motifs is 2.